The molecule has 0 atom stereocenters. The number of carboxylic acids is 1. The normalized spacial score (nSPS) is 10.3. The average Bonchev–Trinajstić information content (AvgIpc) is 2.41. The predicted octanol–water partition coefficient (Wildman–Crippen LogP) is 4.00. The summed E-state index contributed by atoms with van der Waals surface area (Å²) in [6.45, 7) is -0.203. The zero-order valence-corrected chi connectivity index (χ0v) is 11.7. The molecule has 20 heavy (non-hydrogen) atoms. The molecule has 0 fully saturated rings. The van der Waals surface area contributed by atoms with Crippen molar-refractivity contribution in [3.63, 3.8) is 0 Å². The number of halogens is 3. The summed E-state index contributed by atoms with van der Waals surface area (Å²) in [7, 11) is 0. The van der Waals surface area contributed by atoms with E-state index in [4.69, 9.17) is 9.84 Å². The minimum atomic E-state index is -1.10. The van der Waals surface area contributed by atoms with E-state index >= 15 is 0 Å². The number of rotatable bonds is 4. The Kier molecular flexibility index (Phi) is 4.34. The first kappa shape index (κ1) is 14.5. The quantitative estimate of drug-likeness (QED) is 0.913. The van der Waals surface area contributed by atoms with Gasteiger partial charge in [0.05, 0.1) is 10.0 Å². The molecular formula is C14H9BrF2O3. The molecule has 2 rings (SSSR count). The first-order chi connectivity index (χ1) is 9.47. The summed E-state index contributed by atoms with van der Waals surface area (Å²) in [5, 5.41) is 8.89. The summed E-state index contributed by atoms with van der Waals surface area (Å²) in [6.07, 6.45) is 0. The van der Waals surface area contributed by atoms with E-state index < -0.39 is 17.6 Å². The Morgan fingerprint density at radius 1 is 1.20 bits per heavy atom. The maximum atomic E-state index is 13.4. The highest BCUT2D eigenvalue weighted by Crippen LogP contribution is 2.27. The van der Waals surface area contributed by atoms with Gasteiger partial charge in [0.25, 0.3) is 0 Å². The minimum absolute atomic E-state index is 0.0444. The fraction of sp³-hybridized carbons (Fsp3) is 0.0714. The molecule has 1 N–H and O–H groups in total. The second-order valence-electron chi connectivity index (χ2n) is 3.97. The lowest BCUT2D eigenvalue weighted by Gasteiger charge is -2.10. The van der Waals surface area contributed by atoms with Gasteiger partial charge in [-0.25, -0.2) is 13.6 Å². The molecule has 104 valence electrons. The lowest BCUT2D eigenvalue weighted by molar-refractivity contribution is 0.0696. The van der Waals surface area contributed by atoms with Gasteiger partial charge in [0.1, 0.15) is 24.0 Å². The van der Waals surface area contributed by atoms with Crippen LogP contribution < -0.4 is 4.74 Å². The van der Waals surface area contributed by atoms with E-state index in [0.29, 0.717) is 4.47 Å². The molecule has 0 amide bonds. The van der Waals surface area contributed by atoms with Crippen LogP contribution in [0, 0.1) is 11.6 Å². The van der Waals surface area contributed by atoms with E-state index in [-0.39, 0.29) is 23.5 Å². The molecule has 0 aliphatic heterocycles. The third-order valence-corrected chi connectivity index (χ3v) is 3.22. The van der Waals surface area contributed by atoms with Crippen molar-refractivity contribution in [3.05, 3.63) is 63.6 Å². The zero-order valence-electron chi connectivity index (χ0n) is 10.1. The highest BCUT2D eigenvalue weighted by atomic mass is 79.9. The van der Waals surface area contributed by atoms with Crippen molar-refractivity contribution >= 4 is 21.9 Å². The fourth-order valence-electron chi connectivity index (χ4n) is 1.56. The summed E-state index contributed by atoms with van der Waals surface area (Å²) in [4.78, 5) is 10.9. The number of hydrogen-bond donors (Lipinski definition) is 1. The Bertz CT molecular complexity index is 659. The van der Waals surface area contributed by atoms with E-state index in [1.54, 1.807) is 0 Å². The molecule has 0 bridgehead atoms. The monoisotopic (exact) mass is 342 g/mol. The van der Waals surface area contributed by atoms with Crippen LogP contribution in [0.3, 0.4) is 0 Å². The minimum Gasteiger partial charge on any atom is -0.488 e. The van der Waals surface area contributed by atoms with E-state index in [1.807, 2.05) is 0 Å². The van der Waals surface area contributed by atoms with Gasteiger partial charge in [0.2, 0.25) is 0 Å². The molecule has 0 spiro atoms. The van der Waals surface area contributed by atoms with Crippen LogP contribution in [0.1, 0.15) is 15.9 Å². The predicted molar refractivity (Wildman–Crippen MR) is 71.8 cm³/mol. The van der Waals surface area contributed by atoms with Gasteiger partial charge in [-0.05, 0) is 52.3 Å². The SMILES string of the molecule is O=C(O)c1ccc(Br)c(OCc2cc(F)ccc2F)c1. The van der Waals surface area contributed by atoms with Crippen molar-refractivity contribution in [2.24, 2.45) is 0 Å². The Labute approximate surface area is 121 Å². The van der Waals surface area contributed by atoms with Crippen LogP contribution in [0.4, 0.5) is 8.78 Å². The van der Waals surface area contributed by atoms with Gasteiger partial charge in [-0.2, -0.15) is 0 Å². The van der Waals surface area contributed by atoms with Gasteiger partial charge in [-0.15, -0.1) is 0 Å². The maximum absolute atomic E-state index is 13.4. The Balaban J connectivity index is 2.20. The maximum Gasteiger partial charge on any atom is 0.335 e. The molecule has 0 radical (unpaired) electrons. The van der Waals surface area contributed by atoms with Gasteiger partial charge >= 0.3 is 5.97 Å². The number of aromatic carboxylic acids is 1. The molecule has 0 heterocycles. The number of carboxylic acid groups (broad SMARTS) is 1. The zero-order chi connectivity index (χ0) is 14.7. The van der Waals surface area contributed by atoms with Crippen molar-refractivity contribution in [2.45, 2.75) is 6.61 Å². The van der Waals surface area contributed by atoms with Crippen molar-refractivity contribution in [2.75, 3.05) is 0 Å². The van der Waals surface area contributed by atoms with Gasteiger partial charge in [0, 0.05) is 5.56 Å². The van der Waals surface area contributed by atoms with E-state index in [9.17, 15) is 13.6 Å². The highest BCUT2D eigenvalue weighted by Gasteiger charge is 2.10. The standard InChI is InChI=1S/C14H9BrF2O3/c15-11-3-1-8(14(18)19)6-13(11)20-7-9-5-10(16)2-4-12(9)17/h1-6H,7H2,(H,18,19). The molecule has 0 aliphatic rings. The Morgan fingerprint density at radius 2 is 1.95 bits per heavy atom. The van der Waals surface area contributed by atoms with Crippen LogP contribution in [-0.2, 0) is 6.61 Å². The summed E-state index contributed by atoms with van der Waals surface area (Å²) in [5.41, 5.74) is 0.0977. The number of carbonyl (C=O) groups is 1. The molecule has 0 aliphatic carbocycles. The van der Waals surface area contributed by atoms with Crippen LogP contribution in [0.25, 0.3) is 0 Å². The van der Waals surface area contributed by atoms with Crippen LogP contribution in [-0.4, -0.2) is 11.1 Å². The van der Waals surface area contributed by atoms with Crippen molar-refractivity contribution in [3.8, 4) is 5.75 Å². The van der Waals surface area contributed by atoms with E-state index in [2.05, 4.69) is 15.9 Å². The fourth-order valence-corrected chi connectivity index (χ4v) is 1.92. The molecule has 2 aromatic carbocycles. The Morgan fingerprint density at radius 3 is 2.65 bits per heavy atom. The van der Waals surface area contributed by atoms with Gasteiger partial charge < -0.3 is 9.84 Å². The van der Waals surface area contributed by atoms with Crippen LogP contribution in [0.15, 0.2) is 40.9 Å². The smallest absolute Gasteiger partial charge is 0.335 e. The molecule has 6 heteroatoms. The van der Waals surface area contributed by atoms with Crippen LogP contribution in [0.5, 0.6) is 5.75 Å². The largest absolute Gasteiger partial charge is 0.488 e. The topological polar surface area (TPSA) is 46.5 Å². The average molecular weight is 343 g/mol. The lowest BCUT2D eigenvalue weighted by atomic mass is 10.2. The first-order valence-electron chi connectivity index (χ1n) is 5.57. The third-order valence-electron chi connectivity index (χ3n) is 2.57. The third kappa shape index (κ3) is 3.33. The summed E-state index contributed by atoms with van der Waals surface area (Å²) in [5.74, 6) is -2.01. The molecule has 2 aromatic rings. The number of hydrogen-bond acceptors (Lipinski definition) is 2. The molecular weight excluding hydrogens is 334 g/mol. The van der Waals surface area contributed by atoms with Crippen molar-refractivity contribution in [1.82, 2.24) is 0 Å². The summed E-state index contributed by atoms with van der Waals surface area (Å²) >= 11 is 3.20. The Hall–Kier alpha value is -1.95. The van der Waals surface area contributed by atoms with Gasteiger partial charge in [-0.3, -0.25) is 0 Å². The van der Waals surface area contributed by atoms with Crippen molar-refractivity contribution < 1.29 is 23.4 Å². The summed E-state index contributed by atoms with van der Waals surface area (Å²) in [6, 6.07) is 7.28. The van der Waals surface area contributed by atoms with E-state index in [0.717, 1.165) is 18.2 Å². The second-order valence-corrected chi connectivity index (χ2v) is 4.83. The van der Waals surface area contributed by atoms with Crippen LogP contribution >= 0.6 is 15.9 Å². The first-order valence-corrected chi connectivity index (χ1v) is 6.36. The highest BCUT2D eigenvalue weighted by molar-refractivity contribution is 9.10. The molecule has 0 aromatic heterocycles. The number of benzene rings is 2. The molecule has 3 nitrogen and oxygen atoms in total. The summed E-state index contributed by atoms with van der Waals surface area (Å²) < 4.78 is 32.3. The molecule has 0 saturated carbocycles. The van der Waals surface area contributed by atoms with Crippen LogP contribution in [0.2, 0.25) is 0 Å². The molecule has 0 saturated heterocycles. The lowest BCUT2D eigenvalue weighted by Crippen LogP contribution is -2.02. The van der Waals surface area contributed by atoms with E-state index in [1.165, 1.54) is 18.2 Å². The van der Waals surface area contributed by atoms with Gasteiger partial charge in [-0.1, -0.05) is 0 Å². The van der Waals surface area contributed by atoms with Gasteiger partial charge in [0.15, 0.2) is 0 Å². The second kappa shape index (κ2) is 6.00. The number of ether oxygens (including phenoxy) is 1. The van der Waals surface area contributed by atoms with Crippen molar-refractivity contribution in [1.29, 1.82) is 0 Å². The molecule has 0 unspecified atom stereocenters.